The van der Waals surface area contributed by atoms with Gasteiger partial charge in [-0.15, -0.1) is 0 Å². The Morgan fingerprint density at radius 3 is 2.60 bits per heavy atom. The van der Waals surface area contributed by atoms with Crippen molar-refractivity contribution >= 4 is 0 Å². The monoisotopic (exact) mass is 412 g/mol. The van der Waals surface area contributed by atoms with Crippen molar-refractivity contribution in [3.8, 4) is 0 Å². The van der Waals surface area contributed by atoms with Gasteiger partial charge < -0.3 is 15.3 Å². The van der Waals surface area contributed by atoms with Gasteiger partial charge in [0.25, 0.3) is 0 Å². The Morgan fingerprint density at radius 1 is 1.10 bits per heavy atom. The number of hydrogen-bond acceptors (Lipinski definition) is 3. The summed E-state index contributed by atoms with van der Waals surface area (Å²) >= 11 is 0. The lowest BCUT2D eigenvalue weighted by Gasteiger charge is -2.44. The summed E-state index contributed by atoms with van der Waals surface area (Å²) in [5.74, 6) is 2.28. The van der Waals surface area contributed by atoms with Crippen LogP contribution in [-0.4, -0.2) is 33.6 Å². The molecule has 4 aliphatic rings. The molecule has 0 radical (unpaired) electrons. The highest BCUT2D eigenvalue weighted by Crippen LogP contribution is 2.59. The molecule has 0 heterocycles. The van der Waals surface area contributed by atoms with Crippen molar-refractivity contribution in [2.45, 2.75) is 89.9 Å². The molecule has 7 atom stereocenters. The molecule has 0 spiro atoms. The van der Waals surface area contributed by atoms with Gasteiger partial charge in [-0.2, -0.15) is 0 Å². The Morgan fingerprint density at radius 2 is 1.87 bits per heavy atom. The van der Waals surface area contributed by atoms with E-state index in [0.29, 0.717) is 41.9 Å². The van der Waals surface area contributed by atoms with Crippen LogP contribution in [0.5, 0.6) is 0 Å². The van der Waals surface area contributed by atoms with Gasteiger partial charge in [0, 0.05) is 6.42 Å². The summed E-state index contributed by atoms with van der Waals surface area (Å²) in [5.41, 5.74) is 3.63. The van der Waals surface area contributed by atoms with Gasteiger partial charge in [-0.05, 0) is 91.6 Å². The van der Waals surface area contributed by atoms with E-state index < -0.39 is 12.2 Å². The van der Waals surface area contributed by atoms with E-state index in [1.54, 1.807) is 0 Å². The van der Waals surface area contributed by atoms with Crippen LogP contribution in [0.3, 0.4) is 0 Å². The molecule has 166 valence electrons. The zero-order valence-electron chi connectivity index (χ0n) is 18.8. The first-order valence-corrected chi connectivity index (χ1v) is 12.1. The standard InChI is InChI=1S/C27H40O3/c1-17(6-13-25(29)20-8-9-20)23-11-12-24-19(5-4-14-27(23,24)3)7-10-21-15-22(28)16-26(30)18(21)2/h6-7,10,13,17,20,22-26,28-30H,2,4-5,8-9,11-12,14-16H2,1,3H3/b13-6+,19-7?,21-10-/t17-,22-,23-,24+,25-,26+,27-/m1/s1. The minimum absolute atomic E-state index is 0.250. The molecule has 0 unspecified atom stereocenters. The fourth-order valence-electron chi connectivity index (χ4n) is 6.63. The van der Waals surface area contributed by atoms with Crippen LogP contribution in [0.4, 0.5) is 0 Å². The zero-order valence-corrected chi connectivity index (χ0v) is 18.8. The maximum atomic E-state index is 10.2. The molecule has 30 heavy (non-hydrogen) atoms. The van der Waals surface area contributed by atoms with Gasteiger partial charge in [-0.1, -0.05) is 50.3 Å². The molecule has 4 fully saturated rings. The summed E-state index contributed by atoms with van der Waals surface area (Å²) < 4.78 is 0. The zero-order chi connectivity index (χ0) is 21.5. The van der Waals surface area contributed by atoms with E-state index in [0.717, 1.165) is 17.6 Å². The molecule has 3 nitrogen and oxygen atoms in total. The van der Waals surface area contributed by atoms with E-state index in [1.165, 1.54) is 44.1 Å². The average Bonchev–Trinajstić information content (AvgIpc) is 3.49. The van der Waals surface area contributed by atoms with Crippen molar-refractivity contribution in [1.82, 2.24) is 0 Å². The topological polar surface area (TPSA) is 60.7 Å². The Balaban J connectivity index is 1.48. The Labute approximate surface area is 182 Å². The second-order valence-electron chi connectivity index (χ2n) is 10.7. The van der Waals surface area contributed by atoms with Crippen molar-refractivity contribution in [1.29, 1.82) is 0 Å². The van der Waals surface area contributed by atoms with Crippen LogP contribution in [0.25, 0.3) is 0 Å². The molecule has 0 aromatic rings. The van der Waals surface area contributed by atoms with E-state index in [1.807, 2.05) is 0 Å². The van der Waals surface area contributed by atoms with Crippen LogP contribution in [0, 0.1) is 29.1 Å². The van der Waals surface area contributed by atoms with E-state index in [9.17, 15) is 15.3 Å². The number of rotatable bonds is 5. The largest absolute Gasteiger partial charge is 0.393 e. The smallest absolute Gasteiger partial charge is 0.0811 e. The first-order chi connectivity index (χ1) is 14.3. The number of allylic oxidation sites excluding steroid dienone is 4. The van der Waals surface area contributed by atoms with E-state index in [4.69, 9.17) is 0 Å². The maximum absolute atomic E-state index is 10.2. The van der Waals surface area contributed by atoms with Crippen LogP contribution in [0.2, 0.25) is 0 Å². The highest BCUT2D eigenvalue weighted by atomic mass is 16.3. The van der Waals surface area contributed by atoms with Gasteiger partial charge in [0.15, 0.2) is 0 Å². The van der Waals surface area contributed by atoms with E-state index in [2.05, 4.69) is 44.7 Å². The lowest BCUT2D eigenvalue weighted by atomic mass is 9.61. The SMILES string of the molecule is C=C1/C(=C\C=C2CCC[C@]3(C)[C@@H]([C@H](C)/C=C/[C@@H](O)C4CC4)CC[C@@H]23)C[C@@H](O)C[C@@H]1O. The van der Waals surface area contributed by atoms with Gasteiger partial charge in [-0.25, -0.2) is 0 Å². The number of aliphatic hydroxyl groups excluding tert-OH is 3. The summed E-state index contributed by atoms with van der Waals surface area (Å²) in [6.07, 6.45) is 16.9. The van der Waals surface area contributed by atoms with Crippen LogP contribution in [0.1, 0.15) is 71.6 Å². The van der Waals surface area contributed by atoms with Crippen molar-refractivity contribution < 1.29 is 15.3 Å². The third-order valence-electron chi connectivity index (χ3n) is 8.65. The van der Waals surface area contributed by atoms with Crippen molar-refractivity contribution in [2.75, 3.05) is 0 Å². The van der Waals surface area contributed by atoms with Crippen LogP contribution in [-0.2, 0) is 0 Å². The Bertz CT molecular complexity index is 743. The van der Waals surface area contributed by atoms with Gasteiger partial charge in [0.1, 0.15) is 0 Å². The molecular formula is C27H40O3. The van der Waals surface area contributed by atoms with Crippen LogP contribution < -0.4 is 0 Å². The van der Waals surface area contributed by atoms with Gasteiger partial charge in [0.2, 0.25) is 0 Å². The fourth-order valence-corrected chi connectivity index (χ4v) is 6.63. The quantitative estimate of drug-likeness (QED) is 0.551. The third kappa shape index (κ3) is 4.40. The summed E-state index contributed by atoms with van der Waals surface area (Å²) in [7, 11) is 0. The summed E-state index contributed by atoms with van der Waals surface area (Å²) in [4.78, 5) is 0. The average molecular weight is 413 g/mol. The maximum Gasteiger partial charge on any atom is 0.0811 e. The van der Waals surface area contributed by atoms with Gasteiger partial charge in [-0.3, -0.25) is 0 Å². The minimum atomic E-state index is -0.621. The predicted molar refractivity (Wildman–Crippen MR) is 122 cm³/mol. The minimum Gasteiger partial charge on any atom is -0.393 e. The van der Waals surface area contributed by atoms with Crippen LogP contribution in [0.15, 0.2) is 47.6 Å². The molecule has 4 aliphatic carbocycles. The first kappa shape index (κ1) is 22.0. The molecule has 3 N–H and O–H groups in total. The van der Waals surface area contributed by atoms with Crippen molar-refractivity contribution in [3.63, 3.8) is 0 Å². The second-order valence-corrected chi connectivity index (χ2v) is 10.7. The second kappa shape index (κ2) is 8.76. The molecule has 0 saturated heterocycles. The van der Waals surface area contributed by atoms with Gasteiger partial charge >= 0.3 is 0 Å². The number of hydrogen-bond donors (Lipinski definition) is 3. The molecule has 0 bridgehead atoms. The highest BCUT2D eigenvalue weighted by molar-refractivity contribution is 5.38. The Hall–Kier alpha value is -1.16. The fraction of sp³-hybridized carbons (Fsp3) is 0.704. The molecular weight excluding hydrogens is 372 g/mol. The molecule has 0 aromatic heterocycles. The molecule has 4 saturated carbocycles. The van der Waals surface area contributed by atoms with Crippen LogP contribution >= 0.6 is 0 Å². The lowest BCUT2D eigenvalue weighted by Crippen LogP contribution is -2.35. The summed E-state index contributed by atoms with van der Waals surface area (Å²) in [6.45, 7) is 8.88. The van der Waals surface area contributed by atoms with E-state index >= 15 is 0 Å². The van der Waals surface area contributed by atoms with Crippen molar-refractivity contribution in [2.24, 2.45) is 29.1 Å². The summed E-state index contributed by atoms with van der Waals surface area (Å²) in [5, 5.41) is 30.4. The molecule has 3 heteroatoms. The van der Waals surface area contributed by atoms with Gasteiger partial charge in [0.05, 0.1) is 18.3 Å². The molecule has 0 amide bonds. The number of fused-ring (bicyclic) bond motifs is 1. The Kier molecular flexibility index (Phi) is 6.44. The van der Waals surface area contributed by atoms with Crippen molar-refractivity contribution in [3.05, 3.63) is 47.6 Å². The predicted octanol–water partition coefficient (Wildman–Crippen LogP) is 5.09. The molecule has 0 aliphatic heterocycles. The summed E-state index contributed by atoms with van der Waals surface area (Å²) in [6, 6.07) is 0. The van der Waals surface area contributed by atoms with E-state index in [-0.39, 0.29) is 6.10 Å². The highest BCUT2D eigenvalue weighted by Gasteiger charge is 2.50. The normalized spacial score (nSPS) is 42.1. The third-order valence-corrected chi connectivity index (χ3v) is 8.65. The molecule has 4 rings (SSSR count). The lowest BCUT2D eigenvalue weighted by molar-refractivity contribution is 0.0862. The molecule has 0 aromatic carbocycles. The first-order valence-electron chi connectivity index (χ1n) is 12.1. The number of aliphatic hydroxyl groups is 3.